The molecule has 9 nitrogen and oxygen atoms in total. The van der Waals surface area contributed by atoms with Crippen LogP contribution < -0.4 is 11.1 Å². The lowest BCUT2D eigenvalue weighted by molar-refractivity contribution is 0.0891. The summed E-state index contributed by atoms with van der Waals surface area (Å²) in [4.78, 5) is 25.4. The van der Waals surface area contributed by atoms with E-state index in [0.717, 1.165) is 10.9 Å². The number of aromatic nitrogens is 4. The lowest BCUT2D eigenvalue weighted by Crippen LogP contribution is -2.27. The molecule has 0 aliphatic rings. The summed E-state index contributed by atoms with van der Waals surface area (Å²) in [6.07, 6.45) is 3.09. The molecule has 0 atom stereocenters. The molecule has 0 fully saturated rings. The highest BCUT2D eigenvalue weighted by atomic mass is 16.2. The topological polar surface area (TPSA) is 111 Å². The van der Waals surface area contributed by atoms with Crippen LogP contribution in [0.3, 0.4) is 0 Å². The molecule has 2 amide bonds. The smallest absolute Gasteiger partial charge is 0.322 e. The summed E-state index contributed by atoms with van der Waals surface area (Å²) in [6.45, 7) is -0.0249. The summed E-state index contributed by atoms with van der Waals surface area (Å²) in [5, 5.41) is 11.1. The molecule has 3 N–H and O–H groups in total. The summed E-state index contributed by atoms with van der Waals surface area (Å²) in [7, 11) is 3.23. The van der Waals surface area contributed by atoms with Crippen molar-refractivity contribution >= 4 is 34.3 Å². The highest BCUT2D eigenvalue weighted by Crippen LogP contribution is 2.23. The zero-order valence-electron chi connectivity index (χ0n) is 13.3. The molecule has 0 spiro atoms. The van der Waals surface area contributed by atoms with E-state index < -0.39 is 0 Å². The summed E-state index contributed by atoms with van der Waals surface area (Å²) in [6, 6.07) is 7.07. The van der Waals surface area contributed by atoms with Crippen molar-refractivity contribution in [2.24, 2.45) is 0 Å². The van der Waals surface area contributed by atoms with Crippen LogP contribution in [0.5, 0.6) is 0 Å². The Hall–Kier alpha value is -3.36. The van der Waals surface area contributed by atoms with Gasteiger partial charge in [-0.25, -0.2) is 9.48 Å². The highest BCUT2D eigenvalue weighted by Gasteiger charge is 2.14. The van der Waals surface area contributed by atoms with Gasteiger partial charge in [0.15, 0.2) is 5.82 Å². The number of carbonyl (C=O) groups excluding carboxylic acids is 2. The minimum Gasteiger partial charge on any atom is -0.397 e. The number of benzene rings is 1. The normalized spacial score (nSPS) is 10.8. The zero-order chi connectivity index (χ0) is 17.3. The molecule has 124 valence electrons. The number of amides is 2. The number of anilines is 2. The molecule has 24 heavy (non-hydrogen) atoms. The fourth-order valence-electron chi connectivity index (χ4n) is 2.28. The lowest BCUT2D eigenvalue weighted by atomic mass is 10.2. The Kier molecular flexibility index (Phi) is 3.90. The molecule has 1 aromatic carbocycles. The maximum Gasteiger partial charge on any atom is 0.322 e. The van der Waals surface area contributed by atoms with Gasteiger partial charge in [0.05, 0.1) is 17.4 Å². The highest BCUT2D eigenvalue weighted by molar-refractivity contribution is 5.99. The minimum absolute atomic E-state index is 0.0249. The standard InChI is InChI=1S/C15H17N7O2/c1-20(2)15(24)17-13-8-21(19-18-13)9-14(23)22-7-11(16)10-5-3-4-6-12(10)22/h3-8H,9,16H2,1-2H3,(H,17,24). The largest absolute Gasteiger partial charge is 0.397 e. The van der Waals surface area contributed by atoms with E-state index in [0.29, 0.717) is 5.69 Å². The van der Waals surface area contributed by atoms with Crippen LogP contribution in [-0.2, 0) is 6.54 Å². The fraction of sp³-hybridized carbons (Fsp3) is 0.200. The van der Waals surface area contributed by atoms with Crippen molar-refractivity contribution in [3.8, 4) is 0 Å². The van der Waals surface area contributed by atoms with Crippen LogP contribution in [0.4, 0.5) is 16.3 Å². The maximum atomic E-state index is 12.5. The van der Waals surface area contributed by atoms with E-state index in [9.17, 15) is 9.59 Å². The molecule has 0 saturated heterocycles. The molecule has 0 unspecified atom stereocenters. The molecule has 0 bridgehead atoms. The maximum absolute atomic E-state index is 12.5. The third-order valence-electron chi connectivity index (χ3n) is 3.49. The van der Waals surface area contributed by atoms with Crippen molar-refractivity contribution in [1.29, 1.82) is 0 Å². The number of urea groups is 1. The third-order valence-corrected chi connectivity index (χ3v) is 3.49. The molecular weight excluding hydrogens is 310 g/mol. The summed E-state index contributed by atoms with van der Waals surface area (Å²) >= 11 is 0. The van der Waals surface area contributed by atoms with Gasteiger partial charge in [-0.15, -0.1) is 5.10 Å². The SMILES string of the molecule is CN(C)C(=O)Nc1cn(CC(=O)n2cc(N)c3ccccc32)nn1. The first kappa shape index (κ1) is 15.5. The van der Waals surface area contributed by atoms with Gasteiger partial charge in [0.25, 0.3) is 5.91 Å². The molecule has 0 aliphatic carbocycles. The second-order valence-electron chi connectivity index (χ2n) is 5.49. The molecule has 2 aromatic heterocycles. The van der Waals surface area contributed by atoms with Gasteiger partial charge in [-0.1, -0.05) is 23.4 Å². The molecule has 0 radical (unpaired) electrons. The Balaban J connectivity index is 1.77. The van der Waals surface area contributed by atoms with E-state index in [1.807, 2.05) is 24.3 Å². The van der Waals surface area contributed by atoms with Crippen molar-refractivity contribution in [3.63, 3.8) is 0 Å². The van der Waals surface area contributed by atoms with Gasteiger partial charge in [0, 0.05) is 25.7 Å². The Bertz CT molecular complexity index is 910. The Labute approximate surface area is 137 Å². The number of nitrogens with one attached hydrogen (secondary N) is 1. The van der Waals surface area contributed by atoms with E-state index in [-0.39, 0.29) is 24.3 Å². The van der Waals surface area contributed by atoms with Crippen LogP contribution in [0.15, 0.2) is 36.7 Å². The molecule has 0 aliphatic heterocycles. The van der Waals surface area contributed by atoms with Crippen molar-refractivity contribution < 1.29 is 9.59 Å². The van der Waals surface area contributed by atoms with Crippen LogP contribution in [0, 0.1) is 0 Å². The number of fused-ring (bicyclic) bond motifs is 1. The van der Waals surface area contributed by atoms with Gasteiger partial charge >= 0.3 is 6.03 Å². The van der Waals surface area contributed by atoms with E-state index in [4.69, 9.17) is 5.73 Å². The monoisotopic (exact) mass is 327 g/mol. The molecule has 3 aromatic rings. The number of nitrogens with two attached hydrogens (primary N) is 1. The van der Waals surface area contributed by atoms with E-state index in [2.05, 4.69) is 15.6 Å². The van der Waals surface area contributed by atoms with Crippen LogP contribution in [-0.4, -0.2) is 50.5 Å². The Morgan fingerprint density at radius 1 is 1.25 bits per heavy atom. The van der Waals surface area contributed by atoms with Gasteiger partial charge in [-0.3, -0.25) is 14.7 Å². The predicted molar refractivity (Wildman–Crippen MR) is 89.7 cm³/mol. The van der Waals surface area contributed by atoms with Crippen LogP contribution in [0.1, 0.15) is 4.79 Å². The number of nitrogen functional groups attached to an aromatic ring is 1. The van der Waals surface area contributed by atoms with E-state index in [1.165, 1.54) is 20.3 Å². The second-order valence-corrected chi connectivity index (χ2v) is 5.49. The third kappa shape index (κ3) is 2.91. The average Bonchev–Trinajstić information content (AvgIpc) is 3.12. The predicted octanol–water partition coefficient (Wildman–Crippen LogP) is 1.25. The minimum atomic E-state index is -0.322. The van der Waals surface area contributed by atoms with Gasteiger partial charge in [-0.2, -0.15) is 0 Å². The van der Waals surface area contributed by atoms with Crippen molar-refractivity contribution in [2.45, 2.75) is 6.54 Å². The summed E-state index contributed by atoms with van der Waals surface area (Å²) in [5.41, 5.74) is 7.21. The fourth-order valence-corrected chi connectivity index (χ4v) is 2.28. The second kappa shape index (κ2) is 6.03. The summed E-state index contributed by atoms with van der Waals surface area (Å²) in [5.74, 6) is 0.0664. The van der Waals surface area contributed by atoms with Crippen LogP contribution in [0.2, 0.25) is 0 Å². The van der Waals surface area contributed by atoms with Crippen LogP contribution in [0.25, 0.3) is 10.9 Å². The number of hydrogen-bond acceptors (Lipinski definition) is 5. The number of para-hydroxylation sites is 1. The number of rotatable bonds is 3. The van der Waals surface area contributed by atoms with Crippen LogP contribution >= 0.6 is 0 Å². The molecular formula is C15H17N7O2. The Morgan fingerprint density at radius 3 is 2.75 bits per heavy atom. The van der Waals surface area contributed by atoms with Crippen molar-refractivity contribution in [1.82, 2.24) is 24.5 Å². The van der Waals surface area contributed by atoms with E-state index in [1.54, 1.807) is 20.3 Å². The molecule has 3 rings (SSSR count). The lowest BCUT2D eigenvalue weighted by Gasteiger charge is -2.09. The number of nitrogens with zero attached hydrogens (tertiary/aromatic N) is 5. The van der Waals surface area contributed by atoms with Gasteiger partial charge < -0.3 is 10.6 Å². The van der Waals surface area contributed by atoms with E-state index >= 15 is 0 Å². The van der Waals surface area contributed by atoms with Crippen molar-refractivity contribution in [3.05, 3.63) is 36.7 Å². The summed E-state index contributed by atoms with van der Waals surface area (Å²) < 4.78 is 2.85. The first-order chi connectivity index (χ1) is 11.5. The quantitative estimate of drug-likeness (QED) is 0.752. The molecule has 0 saturated carbocycles. The van der Waals surface area contributed by atoms with Crippen molar-refractivity contribution in [2.75, 3.05) is 25.1 Å². The molecule has 2 heterocycles. The average molecular weight is 327 g/mol. The Morgan fingerprint density at radius 2 is 2.00 bits per heavy atom. The van der Waals surface area contributed by atoms with Gasteiger partial charge in [-0.05, 0) is 6.07 Å². The van der Waals surface area contributed by atoms with Gasteiger partial charge in [0.2, 0.25) is 0 Å². The number of carbonyl (C=O) groups is 2. The first-order valence-electron chi connectivity index (χ1n) is 7.23. The zero-order valence-corrected chi connectivity index (χ0v) is 13.3. The number of hydrogen-bond donors (Lipinski definition) is 2. The molecule has 9 heteroatoms. The first-order valence-corrected chi connectivity index (χ1v) is 7.23. The van der Waals surface area contributed by atoms with Gasteiger partial charge in [0.1, 0.15) is 6.54 Å².